The molecule has 1 saturated carbocycles. The lowest BCUT2D eigenvalue weighted by atomic mass is 10.0. The molecule has 1 heterocycles. The standard InChI is InChI=1S/C11H19N3/c1-11(2,12)10-7-13-8-14(10)6-5-9-3-4-9/h7-9H,3-6,12H2,1-2H3. The first-order chi connectivity index (χ1) is 6.57. The number of hydrogen-bond donors (Lipinski definition) is 1. The summed E-state index contributed by atoms with van der Waals surface area (Å²) in [7, 11) is 0. The Morgan fingerprint density at radius 1 is 1.57 bits per heavy atom. The summed E-state index contributed by atoms with van der Waals surface area (Å²) in [4.78, 5) is 4.17. The van der Waals surface area contributed by atoms with Gasteiger partial charge >= 0.3 is 0 Å². The molecular weight excluding hydrogens is 174 g/mol. The summed E-state index contributed by atoms with van der Waals surface area (Å²) in [6.45, 7) is 5.12. The van der Waals surface area contributed by atoms with E-state index in [-0.39, 0.29) is 5.54 Å². The van der Waals surface area contributed by atoms with Crippen LogP contribution in [-0.2, 0) is 12.1 Å². The van der Waals surface area contributed by atoms with Crippen molar-refractivity contribution in [2.45, 2.75) is 45.2 Å². The molecular formula is C11H19N3. The van der Waals surface area contributed by atoms with Crippen LogP contribution in [-0.4, -0.2) is 9.55 Å². The Bertz CT molecular complexity index is 305. The zero-order chi connectivity index (χ0) is 10.2. The molecule has 1 aromatic rings. The van der Waals surface area contributed by atoms with Gasteiger partial charge in [-0.05, 0) is 26.2 Å². The number of imidazole rings is 1. The monoisotopic (exact) mass is 193 g/mol. The van der Waals surface area contributed by atoms with Crippen LogP contribution in [0.15, 0.2) is 12.5 Å². The van der Waals surface area contributed by atoms with Gasteiger partial charge in [0, 0.05) is 12.7 Å². The second-order valence-corrected chi connectivity index (χ2v) is 4.93. The Labute approximate surface area is 85.3 Å². The van der Waals surface area contributed by atoms with Gasteiger partial charge in [-0.3, -0.25) is 0 Å². The van der Waals surface area contributed by atoms with Crippen LogP contribution in [0.25, 0.3) is 0 Å². The third-order valence-electron chi connectivity index (χ3n) is 2.85. The van der Waals surface area contributed by atoms with Crippen LogP contribution in [0.5, 0.6) is 0 Å². The quantitative estimate of drug-likeness (QED) is 0.793. The third-order valence-corrected chi connectivity index (χ3v) is 2.85. The maximum atomic E-state index is 6.06. The van der Waals surface area contributed by atoms with E-state index in [0.29, 0.717) is 0 Å². The Morgan fingerprint density at radius 2 is 2.29 bits per heavy atom. The lowest BCUT2D eigenvalue weighted by Crippen LogP contribution is -2.31. The van der Waals surface area contributed by atoms with Crippen LogP contribution < -0.4 is 5.73 Å². The highest BCUT2D eigenvalue weighted by Gasteiger charge is 2.23. The van der Waals surface area contributed by atoms with E-state index in [0.717, 1.165) is 18.2 Å². The molecule has 0 unspecified atom stereocenters. The molecule has 3 nitrogen and oxygen atoms in total. The molecule has 0 saturated heterocycles. The Balaban J connectivity index is 2.04. The predicted molar refractivity (Wildman–Crippen MR) is 56.8 cm³/mol. The van der Waals surface area contributed by atoms with Crippen molar-refractivity contribution in [2.75, 3.05) is 0 Å². The summed E-state index contributed by atoms with van der Waals surface area (Å²) >= 11 is 0. The zero-order valence-corrected chi connectivity index (χ0v) is 9.03. The van der Waals surface area contributed by atoms with Crippen molar-refractivity contribution in [3.05, 3.63) is 18.2 Å². The molecule has 0 amide bonds. The van der Waals surface area contributed by atoms with Crippen molar-refractivity contribution < 1.29 is 0 Å². The first-order valence-corrected chi connectivity index (χ1v) is 5.37. The van der Waals surface area contributed by atoms with Crippen LogP contribution in [0.2, 0.25) is 0 Å². The van der Waals surface area contributed by atoms with Crippen molar-refractivity contribution in [3.63, 3.8) is 0 Å². The molecule has 1 aliphatic rings. The van der Waals surface area contributed by atoms with Crippen LogP contribution in [0.4, 0.5) is 0 Å². The molecule has 1 aromatic heterocycles. The molecule has 0 radical (unpaired) electrons. The minimum Gasteiger partial charge on any atom is -0.333 e. The summed E-state index contributed by atoms with van der Waals surface area (Å²) in [5, 5.41) is 0. The van der Waals surface area contributed by atoms with Crippen molar-refractivity contribution in [1.29, 1.82) is 0 Å². The molecule has 0 spiro atoms. The average Bonchev–Trinajstić information content (AvgIpc) is 2.77. The van der Waals surface area contributed by atoms with Crippen LogP contribution in [0.3, 0.4) is 0 Å². The van der Waals surface area contributed by atoms with Gasteiger partial charge in [-0.1, -0.05) is 12.8 Å². The van der Waals surface area contributed by atoms with Gasteiger partial charge in [0.2, 0.25) is 0 Å². The number of rotatable bonds is 4. The highest BCUT2D eigenvalue weighted by atomic mass is 15.1. The van der Waals surface area contributed by atoms with Gasteiger partial charge in [0.25, 0.3) is 0 Å². The summed E-state index contributed by atoms with van der Waals surface area (Å²) in [6.07, 6.45) is 7.88. The second kappa shape index (κ2) is 3.39. The fraction of sp³-hybridized carbons (Fsp3) is 0.727. The maximum absolute atomic E-state index is 6.06. The molecule has 0 bridgehead atoms. The molecule has 0 aromatic carbocycles. The number of aromatic nitrogens is 2. The SMILES string of the molecule is CC(C)(N)c1cncn1CCC1CC1. The van der Waals surface area contributed by atoms with Crippen LogP contribution >= 0.6 is 0 Å². The van der Waals surface area contributed by atoms with E-state index < -0.39 is 0 Å². The predicted octanol–water partition coefficient (Wildman–Crippen LogP) is 1.88. The van der Waals surface area contributed by atoms with Gasteiger partial charge in [0.1, 0.15) is 0 Å². The second-order valence-electron chi connectivity index (χ2n) is 4.93. The summed E-state index contributed by atoms with van der Waals surface area (Å²) in [5.74, 6) is 0.964. The molecule has 2 N–H and O–H groups in total. The summed E-state index contributed by atoms with van der Waals surface area (Å²) < 4.78 is 2.19. The van der Waals surface area contributed by atoms with E-state index in [4.69, 9.17) is 5.73 Å². The highest BCUT2D eigenvalue weighted by molar-refractivity contribution is 5.09. The van der Waals surface area contributed by atoms with Gasteiger partial charge in [-0.15, -0.1) is 0 Å². The van der Waals surface area contributed by atoms with E-state index in [9.17, 15) is 0 Å². The minimum absolute atomic E-state index is 0.278. The molecule has 2 rings (SSSR count). The zero-order valence-electron chi connectivity index (χ0n) is 9.03. The molecule has 1 fully saturated rings. The fourth-order valence-corrected chi connectivity index (χ4v) is 1.76. The van der Waals surface area contributed by atoms with Gasteiger partial charge in [0.15, 0.2) is 0 Å². The molecule has 0 atom stereocenters. The number of nitrogens with two attached hydrogens (primary N) is 1. The molecule has 1 aliphatic carbocycles. The molecule has 14 heavy (non-hydrogen) atoms. The van der Waals surface area contributed by atoms with Gasteiger partial charge < -0.3 is 10.3 Å². The van der Waals surface area contributed by atoms with Crippen molar-refractivity contribution in [2.24, 2.45) is 11.7 Å². The van der Waals surface area contributed by atoms with Crippen molar-refractivity contribution in [1.82, 2.24) is 9.55 Å². The fourth-order valence-electron chi connectivity index (χ4n) is 1.76. The smallest absolute Gasteiger partial charge is 0.0948 e. The molecule has 78 valence electrons. The Kier molecular flexibility index (Phi) is 2.35. The van der Waals surface area contributed by atoms with Crippen molar-refractivity contribution >= 4 is 0 Å². The van der Waals surface area contributed by atoms with Gasteiger partial charge in [-0.2, -0.15) is 0 Å². The number of hydrogen-bond acceptors (Lipinski definition) is 2. The largest absolute Gasteiger partial charge is 0.333 e. The lowest BCUT2D eigenvalue weighted by molar-refractivity contribution is 0.477. The van der Waals surface area contributed by atoms with Gasteiger partial charge in [-0.25, -0.2) is 4.98 Å². The van der Waals surface area contributed by atoms with E-state index in [1.807, 2.05) is 26.4 Å². The molecule has 3 heteroatoms. The van der Waals surface area contributed by atoms with E-state index in [2.05, 4.69) is 9.55 Å². The summed E-state index contributed by atoms with van der Waals surface area (Å²) in [6, 6.07) is 0. The van der Waals surface area contributed by atoms with Gasteiger partial charge in [0.05, 0.1) is 17.6 Å². The van der Waals surface area contributed by atoms with Crippen LogP contribution in [0.1, 0.15) is 38.8 Å². The lowest BCUT2D eigenvalue weighted by Gasteiger charge is -2.20. The van der Waals surface area contributed by atoms with E-state index in [1.165, 1.54) is 19.3 Å². The summed E-state index contributed by atoms with van der Waals surface area (Å²) in [5.41, 5.74) is 6.92. The average molecular weight is 193 g/mol. The first kappa shape index (κ1) is 9.71. The van der Waals surface area contributed by atoms with Crippen molar-refractivity contribution in [3.8, 4) is 0 Å². The maximum Gasteiger partial charge on any atom is 0.0948 e. The van der Waals surface area contributed by atoms with E-state index in [1.54, 1.807) is 0 Å². The first-order valence-electron chi connectivity index (χ1n) is 5.37. The number of nitrogens with zero attached hydrogens (tertiary/aromatic N) is 2. The van der Waals surface area contributed by atoms with E-state index >= 15 is 0 Å². The third kappa shape index (κ3) is 2.15. The minimum atomic E-state index is -0.278. The molecule has 0 aliphatic heterocycles. The number of aryl methyl sites for hydroxylation is 1. The highest BCUT2D eigenvalue weighted by Crippen LogP contribution is 2.33. The Hall–Kier alpha value is -0.830. The topological polar surface area (TPSA) is 43.8 Å². The van der Waals surface area contributed by atoms with Crippen LogP contribution in [0, 0.1) is 5.92 Å². The Morgan fingerprint density at radius 3 is 2.86 bits per heavy atom. The normalized spacial score (nSPS) is 17.4.